The van der Waals surface area contributed by atoms with Crippen molar-refractivity contribution in [2.45, 2.75) is 115 Å². The molecule has 0 aromatic heterocycles. The van der Waals surface area contributed by atoms with Crippen molar-refractivity contribution in [3.8, 4) is 6.07 Å². The second kappa shape index (κ2) is 23.9. The molecule has 0 spiro atoms. The van der Waals surface area contributed by atoms with Gasteiger partial charge in [-0.2, -0.15) is 5.26 Å². The first-order valence-corrected chi connectivity index (χ1v) is 19.7. The van der Waals surface area contributed by atoms with Crippen LogP contribution >= 0.6 is 11.6 Å². The summed E-state index contributed by atoms with van der Waals surface area (Å²) in [5, 5.41) is 10.0. The molecular formula is C46H58ClNO3. The lowest BCUT2D eigenvalue weighted by Crippen LogP contribution is -2.37. The number of benzene rings is 4. The van der Waals surface area contributed by atoms with Gasteiger partial charge in [0, 0.05) is 11.6 Å². The Labute approximate surface area is 313 Å². The van der Waals surface area contributed by atoms with Gasteiger partial charge in [0.1, 0.15) is 11.7 Å². The van der Waals surface area contributed by atoms with Crippen LogP contribution in [-0.2, 0) is 26.4 Å². The highest BCUT2D eigenvalue weighted by atomic mass is 35.5. The van der Waals surface area contributed by atoms with Crippen LogP contribution in [0.4, 0.5) is 0 Å². The average molecular weight is 708 g/mol. The maximum Gasteiger partial charge on any atom is 0.143 e. The Morgan fingerprint density at radius 2 is 1.08 bits per heavy atom. The van der Waals surface area contributed by atoms with E-state index in [1.807, 2.05) is 30.3 Å². The summed E-state index contributed by atoms with van der Waals surface area (Å²) in [7, 11) is 0. The summed E-state index contributed by atoms with van der Waals surface area (Å²) >= 11 is 6.32. The average Bonchev–Trinajstić information content (AvgIpc) is 3.17. The molecule has 0 heterocycles. The van der Waals surface area contributed by atoms with Gasteiger partial charge in [0.15, 0.2) is 0 Å². The molecule has 0 radical (unpaired) electrons. The highest BCUT2D eigenvalue weighted by Crippen LogP contribution is 2.40. The van der Waals surface area contributed by atoms with Gasteiger partial charge < -0.3 is 14.2 Å². The third-order valence-electron chi connectivity index (χ3n) is 9.55. The highest BCUT2D eigenvalue weighted by molar-refractivity contribution is 6.30. The summed E-state index contributed by atoms with van der Waals surface area (Å²) in [5.74, 6) is 0. The van der Waals surface area contributed by atoms with Crippen molar-refractivity contribution in [2.75, 3.05) is 19.8 Å². The molecule has 0 aliphatic heterocycles. The molecule has 51 heavy (non-hydrogen) atoms. The molecule has 5 heteroatoms. The van der Waals surface area contributed by atoms with Gasteiger partial charge in [0.25, 0.3) is 0 Å². The molecular weight excluding hydrogens is 650 g/mol. The second-order valence-corrected chi connectivity index (χ2v) is 14.1. The molecule has 0 bridgehead atoms. The number of nitriles is 1. The molecule has 0 unspecified atom stereocenters. The Morgan fingerprint density at radius 3 is 1.55 bits per heavy atom. The van der Waals surface area contributed by atoms with E-state index >= 15 is 0 Å². The first-order chi connectivity index (χ1) is 25.2. The molecule has 0 saturated carbocycles. The van der Waals surface area contributed by atoms with Crippen molar-refractivity contribution in [3.05, 3.63) is 142 Å². The van der Waals surface area contributed by atoms with E-state index in [0.29, 0.717) is 37.0 Å². The molecule has 0 aliphatic rings. The summed E-state index contributed by atoms with van der Waals surface area (Å²) in [6, 6.07) is 38.7. The number of hydrogen-bond acceptors (Lipinski definition) is 4. The molecule has 0 amide bonds. The Hall–Kier alpha value is -3.46. The van der Waals surface area contributed by atoms with E-state index in [1.165, 1.54) is 83.5 Å². The molecule has 4 aromatic carbocycles. The maximum absolute atomic E-state index is 9.48. The zero-order valence-corrected chi connectivity index (χ0v) is 31.5. The van der Waals surface area contributed by atoms with Gasteiger partial charge in [-0.25, -0.2) is 0 Å². The Kier molecular flexibility index (Phi) is 18.9. The lowest BCUT2D eigenvalue weighted by molar-refractivity contribution is -0.0968. The van der Waals surface area contributed by atoms with E-state index in [-0.39, 0.29) is 6.10 Å². The van der Waals surface area contributed by atoms with Crippen molar-refractivity contribution in [3.63, 3.8) is 0 Å². The number of nitrogens with zero attached hydrogens (tertiary/aromatic N) is 1. The minimum atomic E-state index is -0.857. The van der Waals surface area contributed by atoms with Crippen LogP contribution in [0.25, 0.3) is 0 Å². The highest BCUT2D eigenvalue weighted by Gasteiger charge is 2.38. The van der Waals surface area contributed by atoms with Crippen LogP contribution in [-0.4, -0.2) is 25.9 Å². The van der Waals surface area contributed by atoms with Gasteiger partial charge in [-0.1, -0.05) is 193 Å². The molecule has 0 aliphatic carbocycles. The van der Waals surface area contributed by atoms with Crippen LogP contribution in [0.2, 0.25) is 5.02 Å². The van der Waals surface area contributed by atoms with Crippen LogP contribution in [0, 0.1) is 11.3 Å². The van der Waals surface area contributed by atoms with Gasteiger partial charge in [-0.15, -0.1) is 0 Å². The molecule has 0 N–H and O–H groups in total. The van der Waals surface area contributed by atoms with Crippen LogP contribution in [0.5, 0.6) is 0 Å². The maximum atomic E-state index is 9.48. The third-order valence-corrected chi connectivity index (χ3v) is 9.76. The SMILES string of the molecule is CCCCCCCCCCCCCCCCOC[C@@H](COC(c1ccccc1)(c1ccccc1)c1ccccc1)OCc1cc(Cl)cc(C#N)c1. The lowest BCUT2D eigenvalue weighted by atomic mass is 9.80. The van der Waals surface area contributed by atoms with E-state index in [9.17, 15) is 5.26 Å². The minimum absolute atomic E-state index is 0.292. The van der Waals surface area contributed by atoms with E-state index in [0.717, 1.165) is 28.7 Å². The zero-order chi connectivity index (χ0) is 35.8. The van der Waals surface area contributed by atoms with Crippen LogP contribution < -0.4 is 0 Å². The second-order valence-electron chi connectivity index (χ2n) is 13.7. The number of rotatable bonds is 26. The largest absolute Gasteiger partial charge is 0.379 e. The van der Waals surface area contributed by atoms with Gasteiger partial charge in [0.2, 0.25) is 0 Å². The molecule has 272 valence electrons. The fourth-order valence-electron chi connectivity index (χ4n) is 6.76. The van der Waals surface area contributed by atoms with Gasteiger partial charge in [0.05, 0.1) is 31.5 Å². The number of halogens is 1. The zero-order valence-electron chi connectivity index (χ0n) is 30.7. The normalized spacial score (nSPS) is 12.1. The molecule has 4 nitrogen and oxygen atoms in total. The van der Waals surface area contributed by atoms with Crippen molar-refractivity contribution in [1.29, 1.82) is 5.26 Å². The number of ether oxygens (including phenoxy) is 3. The monoisotopic (exact) mass is 707 g/mol. The first-order valence-electron chi connectivity index (χ1n) is 19.3. The molecule has 0 fully saturated rings. The summed E-state index contributed by atoms with van der Waals surface area (Å²) in [6.45, 7) is 3.96. The van der Waals surface area contributed by atoms with Gasteiger partial charge in [-0.05, 0) is 46.9 Å². The van der Waals surface area contributed by atoms with Crippen LogP contribution in [0.15, 0.2) is 109 Å². The van der Waals surface area contributed by atoms with Crippen molar-refractivity contribution in [1.82, 2.24) is 0 Å². The van der Waals surface area contributed by atoms with E-state index in [4.69, 9.17) is 25.8 Å². The number of hydrogen-bond donors (Lipinski definition) is 0. The molecule has 4 rings (SSSR count). The lowest BCUT2D eigenvalue weighted by Gasteiger charge is -2.37. The third kappa shape index (κ3) is 13.9. The predicted molar refractivity (Wildman–Crippen MR) is 211 cm³/mol. The summed E-state index contributed by atoms with van der Waals surface area (Å²) in [5.41, 5.74) is 3.62. The van der Waals surface area contributed by atoms with E-state index in [1.54, 1.807) is 6.07 Å². The molecule has 1 atom stereocenters. The smallest absolute Gasteiger partial charge is 0.143 e. The predicted octanol–water partition coefficient (Wildman–Crippen LogP) is 12.6. The Bertz CT molecular complexity index is 1430. The molecule has 4 aromatic rings. The van der Waals surface area contributed by atoms with Crippen LogP contribution in [0.1, 0.15) is 125 Å². The van der Waals surface area contributed by atoms with E-state index in [2.05, 4.69) is 85.8 Å². The minimum Gasteiger partial charge on any atom is -0.379 e. The fraction of sp³-hybridized carbons (Fsp3) is 0.457. The van der Waals surface area contributed by atoms with Crippen molar-refractivity contribution in [2.24, 2.45) is 0 Å². The fourth-order valence-corrected chi connectivity index (χ4v) is 7.01. The Morgan fingerprint density at radius 1 is 0.608 bits per heavy atom. The summed E-state index contributed by atoms with van der Waals surface area (Å²) in [6.07, 6.45) is 18.3. The van der Waals surface area contributed by atoms with E-state index < -0.39 is 5.60 Å². The number of unbranched alkanes of at least 4 members (excludes halogenated alkanes) is 13. The summed E-state index contributed by atoms with van der Waals surface area (Å²) in [4.78, 5) is 0. The summed E-state index contributed by atoms with van der Waals surface area (Å²) < 4.78 is 19.9. The first kappa shape index (κ1) is 40.3. The molecule has 0 saturated heterocycles. The van der Waals surface area contributed by atoms with Gasteiger partial charge >= 0.3 is 0 Å². The van der Waals surface area contributed by atoms with Crippen molar-refractivity contribution < 1.29 is 14.2 Å². The topological polar surface area (TPSA) is 51.5 Å². The Balaban J connectivity index is 1.34. The quantitative estimate of drug-likeness (QED) is 0.0481. The standard InChI is InChI=1S/C46H58ClNO3/c1-2-3-4-5-6-7-8-9-10-11-12-13-14-24-31-49-37-45(50-36-40-32-39(35-48)33-44(47)34-40)38-51-46(41-25-18-15-19-26-41,42-27-20-16-21-28-42)43-29-22-17-23-30-43/h15-23,25-30,32-34,45H,2-14,24,31,36-38H2,1H3/t45-/m0/s1. The van der Waals surface area contributed by atoms with Crippen molar-refractivity contribution >= 4 is 11.6 Å². The van der Waals surface area contributed by atoms with Crippen LogP contribution in [0.3, 0.4) is 0 Å². The van der Waals surface area contributed by atoms with Gasteiger partial charge in [-0.3, -0.25) is 0 Å².